The highest BCUT2D eigenvalue weighted by molar-refractivity contribution is 5.44. The van der Waals surface area contributed by atoms with Crippen LogP contribution in [-0.2, 0) is 0 Å². The van der Waals surface area contributed by atoms with E-state index < -0.39 is 0 Å². The zero-order chi connectivity index (χ0) is 10.4. The minimum atomic E-state index is 1.11. The maximum Gasteiger partial charge on any atom is 0.0363 e. The van der Waals surface area contributed by atoms with Gasteiger partial charge in [-0.05, 0) is 39.2 Å². The summed E-state index contributed by atoms with van der Waals surface area (Å²) in [6, 6.07) is 10.5. The topological polar surface area (TPSA) is 6.48 Å². The molecule has 78 valence electrons. The van der Waals surface area contributed by atoms with Gasteiger partial charge >= 0.3 is 0 Å². The molecule has 0 bridgehead atoms. The lowest BCUT2D eigenvalue weighted by atomic mass is 10.3. The normalized spacial score (nSPS) is 10.6. The Morgan fingerprint density at radius 3 is 2.14 bits per heavy atom. The van der Waals surface area contributed by atoms with Crippen molar-refractivity contribution in [3.8, 4) is 0 Å². The van der Waals surface area contributed by atoms with Crippen molar-refractivity contribution in [2.45, 2.75) is 6.42 Å². The van der Waals surface area contributed by atoms with Gasteiger partial charge in [-0.25, -0.2) is 0 Å². The molecule has 0 aliphatic carbocycles. The van der Waals surface area contributed by atoms with Crippen LogP contribution in [0.25, 0.3) is 0 Å². The molecule has 0 saturated carbocycles. The van der Waals surface area contributed by atoms with Gasteiger partial charge in [0.25, 0.3) is 0 Å². The maximum absolute atomic E-state index is 2.30. The molecule has 0 unspecified atom stereocenters. The lowest BCUT2D eigenvalue weighted by molar-refractivity contribution is 0.401. The van der Waals surface area contributed by atoms with Crippen molar-refractivity contribution in [2.75, 3.05) is 39.1 Å². The fraction of sp³-hybridized carbons (Fsp3) is 0.500. The summed E-state index contributed by atoms with van der Waals surface area (Å²) in [7, 11) is 6.37. The summed E-state index contributed by atoms with van der Waals surface area (Å²) in [5.74, 6) is 0. The van der Waals surface area contributed by atoms with Gasteiger partial charge in [0.2, 0.25) is 0 Å². The zero-order valence-electron chi connectivity index (χ0n) is 9.40. The number of anilines is 1. The van der Waals surface area contributed by atoms with Crippen molar-refractivity contribution in [1.82, 2.24) is 4.90 Å². The maximum atomic E-state index is 2.30. The molecule has 0 atom stereocenters. The van der Waals surface area contributed by atoms with Crippen LogP contribution in [0.2, 0.25) is 0 Å². The van der Waals surface area contributed by atoms with Gasteiger partial charge in [-0.3, -0.25) is 0 Å². The van der Waals surface area contributed by atoms with Crippen molar-refractivity contribution >= 4 is 5.69 Å². The Morgan fingerprint density at radius 2 is 1.57 bits per heavy atom. The van der Waals surface area contributed by atoms with Crippen molar-refractivity contribution in [1.29, 1.82) is 0 Å². The van der Waals surface area contributed by atoms with Crippen LogP contribution in [0.1, 0.15) is 6.42 Å². The molecule has 0 amide bonds. The van der Waals surface area contributed by atoms with Gasteiger partial charge in [-0.2, -0.15) is 0 Å². The fourth-order valence-corrected chi connectivity index (χ4v) is 1.44. The van der Waals surface area contributed by atoms with Gasteiger partial charge < -0.3 is 9.80 Å². The molecule has 2 nitrogen and oxygen atoms in total. The summed E-state index contributed by atoms with van der Waals surface area (Å²) in [6.45, 7) is 2.26. The molecule has 0 saturated heterocycles. The van der Waals surface area contributed by atoms with Crippen LogP contribution in [0.4, 0.5) is 5.69 Å². The molecular formula is C12H20N2. The Hall–Kier alpha value is -1.02. The molecule has 1 rings (SSSR count). The van der Waals surface area contributed by atoms with E-state index >= 15 is 0 Å². The molecule has 14 heavy (non-hydrogen) atoms. The second-order valence-corrected chi connectivity index (χ2v) is 3.91. The molecule has 0 aliphatic rings. The van der Waals surface area contributed by atoms with Crippen LogP contribution in [0.15, 0.2) is 30.3 Å². The summed E-state index contributed by atoms with van der Waals surface area (Å²) in [4.78, 5) is 4.52. The van der Waals surface area contributed by atoms with E-state index in [9.17, 15) is 0 Å². The minimum Gasteiger partial charge on any atom is -0.375 e. The first-order valence-corrected chi connectivity index (χ1v) is 5.11. The highest BCUT2D eigenvalue weighted by Gasteiger charge is 1.98. The van der Waals surface area contributed by atoms with E-state index in [1.165, 1.54) is 12.1 Å². The Labute approximate surface area is 87.1 Å². The third-order valence-corrected chi connectivity index (χ3v) is 2.30. The molecule has 0 aromatic heterocycles. The van der Waals surface area contributed by atoms with Crippen LogP contribution in [0, 0.1) is 0 Å². The first-order valence-electron chi connectivity index (χ1n) is 5.11. The van der Waals surface area contributed by atoms with Gasteiger partial charge in [0, 0.05) is 19.3 Å². The Morgan fingerprint density at radius 1 is 0.929 bits per heavy atom. The first-order chi connectivity index (χ1) is 6.70. The van der Waals surface area contributed by atoms with Crippen LogP contribution >= 0.6 is 0 Å². The first kappa shape index (κ1) is 11.1. The smallest absolute Gasteiger partial charge is 0.0363 e. The van der Waals surface area contributed by atoms with Gasteiger partial charge in [0.15, 0.2) is 0 Å². The molecular weight excluding hydrogens is 172 g/mol. The Balaban J connectivity index is 2.32. The lowest BCUT2D eigenvalue weighted by Crippen LogP contribution is -2.23. The molecule has 2 heteroatoms. The van der Waals surface area contributed by atoms with E-state index in [1.807, 2.05) is 0 Å². The van der Waals surface area contributed by atoms with Crippen LogP contribution in [-0.4, -0.2) is 39.1 Å². The van der Waals surface area contributed by atoms with Gasteiger partial charge in [-0.1, -0.05) is 18.2 Å². The van der Waals surface area contributed by atoms with Crippen LogP contribution < -0.4 is 4.90 Å². The number of hydrogen-bond acceptors (Lipinski definition) is 2. The highest BCUT2D eigenvalue weighted by atomic mass is 15.1. The van der Waals surface area contributed by atoms with E-state index in [4.69, 9.17) is 0 Å². The van der Waals surface area contributed by atoms with E-state index in [-0.39, 0.29) is 0 Å². The summed E-state index contributed by atoms with van der Waals surface area (Å²) >= 11 is 0. The average Bonchev–Trinajstić information content (AvgIpc) is 2.18. The Bertz CT molecular complexity index is 244. The lowest BCUT2D eigenvalue weighted by Gasteiger charge is -2.20. The molecule has 0 radical (unpaired) electrons. The third-order valence-electron chi connectivity index (χ3n) is 2.30. The monoisotopic (exact) mass is 192 g/mol. The summed E-state index contributed by atoms with van der Waals surface area (Å²) in [6.07, 6.45) is 1.21. The second-order valence-electron chi connectivity index (χ2n) is 3.91. The number of rotatable bonds is 5. The number of benzene rings is 1. The van der Waals surface area contributed by atoms with Gasteiger partial charge in [0.1, 0.15) is 0 Å². The number of para-hydroxylation sites is 1. The molecule has 0 spiro atoms. The van der Waals surface area contributed by atoms with Crippen LogP contribution in [0.5, 0.6) is 0 Å². The average molecular weight is 192 g/mol. The molecule has 1 aromatic rings. The highest BCUT2D eigenvalue weighted by Crippen LogP contribution is 2.10. The zero-order valence-corrected chi connectivity index (χ0v) is 9.40. The van der Waals surface area contributed by atoms with Crippen molar-refractivity contribution < 1.29 is 0 Å². The van der Waals surface area contributed by atoms with Crippen molar-refractivity contribution in [3.05, 3.63) is 30.3 Å². The predicted molar refractivity (Wildman–Crippen MR) is 62.9 cm³/mol. The van der Waals surface area contributed by atoms with E-state index in [2.05, 4.69) is 61.3 Å². The number of hydrogen-bond donors (Lipinski definition) is 0. The minimum absolute atomic E-state index is 1.11. The predicted octanol–water partition coefficient (Wildman–Crippen LogP) is 2.07. The Kier molecular flexibility index (Phi) is 4.47. The second kappa shape index (κ2) is 5.66. The fourth-order valence-electron chi connectivity index (χ4n) is 1.44. The van der Waals surface area contributed by atoms with Gasteiger partial charge in [-0.15, -0.1) is 0 Å². The SMILES string of the molecule is CN(C)CCCN(C)c1ccccc1. The van der Waals surface area contributed by atoms with E-state index in [1.54, 1.807) is 0 Å². The molecule has 0 heterocycles. The quantitative estimate of drug-likeness (QED) is 0.704. The van der Waals surface area contributed by atoms with Crippen LogP contribution in [0.3, 0.4) is 0 Å². The molecule has 0 N–H and O–H groups in total. The molecule has 0 aliphatic heterocycles. The summed E-state index contributed by atoms with van der Waals surface area (Å²) in [5.41, 5.74) is 1.30. The molecule has 0 fully saturated rings. The van der Waals surface area contributed by atoms with Gasteiger partial charge in [0.05, 0.1) is 0 Å². The summed E-state index contributed by atoms with van der Waals surface area (Å²) in [5, 5.41) is 0. The van der Waals surface area contributed by atoms with E-state index in [0.717, 1.165) is 13.1 Å². The van der Waals surface area contributed by atoms with Crippen molar-refractivity contribution in [3.63, 3.8) is 0 Å². The largest absolute Gasteiger partial charge is 0.375 e. The third kappa shape index (κ3) is 3.79. The standard InChI is InChI=1S/C12H20N2/c1-13(2)10-7-11-14(3)12-8-5-4-6-9-12/h4-6,8-9H,7,10-11H2,1-3H3. The summed E-state index contributed by atoms with van der Waals surface area (Å²) < 4.78 is 0. The molecule has 1 aromatic carbocycles. The van der Waals surface area contributed by atoms with Crippen molar-refractivity contribution in [2.24, 2.45) is 0 Å². The van der Waals surface area contributed by atoms with E-state index in [0.29, 0.717) is 0 Å². The number of nitrogens with zero attached hydrogens (tertiary/aromatic N) is 2.